The highest BCUT2D eigenvalue weighted by molar-refractivity contribution is 6.03. The molecule has 7 heteroatoms. The summed E-state index contributed by atoms with van der Waals surface area (Å²) in [6.07, 6.45) is 0. The summed E-state index contributed by atoms with van der Waals surface area (Å²) in [6.45, 7) is 8.15. The number of β-amino-alcohol motifs (C(OH)–C–C–N with tert-alkyl or cyclic N) is 1. The Morgan fingerprint density at radius 3 is 2.57 bits per heavy atom. The summed E-state index contributed by atoms with van der Waals surface area (Å²) in [7, 11) is 0. The van der Waals surface area contributed by atoms with Crippen molar-refractivity contribution in [3.63, 3.8) is 0 Å². The van der Waals surface area contributed by atoms with Crippen molar-refractivity contribution in [3.8, 4) is 0 Å². The third-order valence-corrected chi connectivity index (χ3v) is 3.80. The highest BCUT2D eigenvalue weighted by Crippen LogP contribution is 2.25. The van der Waals surface area contributed by atoms with E-state index in [0.29, 0.717) is 12.1 Å². The number of hydrogen-bond acceptors (Lipinski definition) is 6. The van der Waals surface area contributed by atoms with E-state index in [-0.39, 0.29) is 12.4 Å². The molecule has 0 amide bonds. The largest absolute Gasteiger partial charge is 0.409 e. The molecule has 1 saturated heterocycles. The van der Waals surface area contributed by atoms with Gasteiger partial charge in [0, 0.05) is 38.4 Å². The van der Waals surface area contributed by atoms with Crippen LogP contribution in [0.15, 0.2) is 11.2 Å². The first-order valence-electron chi connectivity index (χ1n) is 7.11. The summed E-state index contributed by atoms with van der Waals surface area (Å²) in [5, 5.41) is 21.1. The first-order valence-corrected chi connectivity index (χ1v) is 7.11. The van der Waals surface area contributed by atoms with Crippen molar-refractivity contribution in [2.75, 3.05) is 44.2 Å². The van der Waals surface area contributed by atoms with Crippen LogP contribution >= 0.6 is 0 Å². The molecule has 4 N–H and O–H groups in total. The Balaban J connectivity index is 2.27. The summed E-state index contributed by atoms with van der Waals surface area (Å²) in [4.78, 5) is 8.85. The van der Waals surface area contributed by atoms with Gasteiger partial charge in [0.2, 0.25) is 0 Å². The fourth-order valence-electron chi connectivity index (χ4n) is 2.78. The number of hydrogen-bond donors (Lipinski definition) is 3. The second-order valence-electron chi connectivity index (χ2n) is 5.28. The number of rotatable bonds is 4. The molecule has 0 radical (unpaired) electrons. The summed E-state index contributed by atoms with van der Waals surface area (Å²) in [6, 6.07) is 1.97. The minimum absolute atomic E-state index is 0.0905. The zero-order valence-electron chi connectivity index (χ0n) is 12.6. The van der Waals surface area contributed by atoms with Gasteiger partial charge in [0.1, 0.15) is 0 Å². The van der Waals surface area contributed by atoms with Crippen LogP contribution in [0.2, 0.25) is 0 Å². The van der Waals surface area contributed by atoms with E-state index in [4.69, 9.17) is 16.0 Å². The van der Waals surface area contributed by atoms with Crippen LogP contribution in [0.4, 0.5) is 5.69 Å². The van der Waals surface area contributed by atoms with Crippen LogP contribution in [-0.2, 0) is 0 Å². The number of aliphatic hydroxyl groups is 1. The molecule has 1 aliphatic heterocycles. The fourth-order valence-corrected chi connectivity index (χ4v) is 2.78. The molecule has 0 aliphatic carbocycles. The number of aryl methyl sites for hydroxylation is 2. The van der Waals surface area contributed by atoms with E-state index < -0.39 is 0 Å². The highest BCUT2D eigenvalue weighted by Gasteiger charge is 2.22. The van der Waals surface area contributed by atoms with Gasteiger partial charge in [-0.2, -0.15) is 0 Å². The smallest absolute Gasteiger partial charge is 0.174 e. The summed E-state index contributed by atoms with van der Waals surface area (Å²) in [5.74, 6) is 0.0905. The van der Waals surface area contributed by atoms with Crippen molar-refractivity contribution in [1.82, 2.24) is 9.88 Å². The first kappa shape index (κ1) is 15.5. The third kappa shape index (κ3) is 3.43. The van der Waals surface area contributed by atoms with Gasteiger partial charge in [0.25, 0.3) is 0 Å². The summed E-state index contributed by atoms with van der Waals surface area (Å²) < 4.78 is 0. The van der Waals surface area contributed by atoms with Gasteiger partial charge in [-0.05, 0) is 19.9 Å². The predicted molar refractivity (Wildman–Crippen MR) is 82.0 cm³/mol. The Kier molecular flexibility index (Phi) is 4.98. The zero-order chi connectivity index (χ0) is 15.4. The van der Waals surface area contributed by atoms with Crippen LogP contribution in [0.1, 0.15) is 17.0 Å². The van der Waals surface area contributed by atoms with Crippen LogP contribution in [0.3, 0.4) is 0 Å². The van der Waals surface area contributed by atoms with Gasteiger partial charge < -0.3 is 20.9 Å². The van der Waals surface area contributed by atoms with Crippen molar-refractivity contribution in [2.24, 2.45) is 10.9 Å². The molecule has 0 aromatic carbocycles. The van der Waals surface area contributed by atoms with E-state index in [1.165, 1.54) is 0 Å². The van der Waals surface area contributed by atoms with Gasteiger partial charge in [0.15, 0.2) is 5.84 Å². The summed E-state index contributed by atoms with van der Waals surface area (Å²) in [5.41, 5.74) is 9.14. The molecule has 0 unspecified atom stereocenters. The number of amidine groups is 1. The summed E-state index contributed by atoms with van der Waals surface area (Å²) >= 11 is 0. The first-order chi connectivity index (χ1) is 10.1. The second-order valence-corrected chi connectivity index (χ2v) is 5.28. The maximum absolute atomic E-state index is 9.00. The van der Waals surface area contributed by atoms with Gasteiger partial charge in [0.05, 0.1) is 23.6 Å². The number of nitrogens with zero attached hydrogens (tertiary/aromatic N) is 4. The molecular formula is C14H23N5O2. The van der Waals surface area contributed by atoms with E-state index in [9.17, 15) is 0 Å². The van der Waals surface area contributed by atoms with Gasteiger partial charge in [-0.25, -0.2) is 0 Å². The van der Waals surface area contributed by atoms with Crippen LogP contribution in [0.25, 0.3) is 0 Å². The topological polar surface area (TPSA) is 98.2 Å². The van der Waals surface area contributed by atoms with Gasteiger partial charge in [-0.15, -0.1) is 0 Å². The number of anilines is 1. The van der Waals surface area contributed by atoms with E-state index in [1.807, 2.05) is 19.9 Å². The number of nitrogens with two attached hydrogens (primary N) is 1. The second kappa shape index (κ2) is 6.73. The molecule has 1 aliphatic rings. The number of aromatic nitrogens is 1. The molecule has 2 heterocycles. The van der Waals surface area contributed by atoms with Crippen molar-refractivity contribution < 1.29 is 10.3 Å². The van der Waals surface area contributed by atoms with E-state index in [1.54, 1.807) is 0 Å². The van der Waals surface area contributed by atoms with Crippen LogP contribution < -0.4 is 10.6 Å². The van der Waals surface area contributed by atoms with Crippen LogP contribution in [0.5, 0.6) is 0 Å². The molecule has 21 heavy (non-hydrogen) atoms. The average Bonchev–Trinajstić information content (AvgIpc) is 2.47. The minimum Gasteiger partial charge on any atom is -0.409 e. The van der Waals surface area contributed by atoms with Crippen molar-refractivity contribution in [2.45, 2.75) is 13.8 Å². The number of pyridine rings is 1. The molecule has 116 valence electrons. The van der Waals surface area contributed by atoms with Crippen molar-refractivity contribution in [1.29, 1.82) is 0 Å². The predicted octanol–water partition coefficient (Wildman–Crippen LogP) is -0.0928. The molecule has 0 saturated carbocycles. The lowest BCUT2D eigenvalue weighted by Crippen LogP contribution is -2.47. The van der Waals surface area contributed by atoms with E-state index in [0.717, 1.165) is 43.3 Å². The Hall–Kier alpha value is -1.86. The molecule has 7 nitrogen and oxygen atoms in total. The SMILES string of the molecule is Cc1cc(N2CCN(CCO)CC2)c(/C(N)=N/O)c(C)n1. The highest BCUT2D eigenvalue weighted by atomic mass is 16.4. The third-order valence-electron chi connectivity index (χ3n) is 3.80. The Bertz CT molecular complexity index is 524. The fraction of sp³-hybridized carbons (Fsp3) is 0.571. The lowest BCUT2D eigenvalue weighted by molar-refractivity contribution is 0.189. The number of piperazine rings is 1. The molecule has 1 aromatic heterocycles. The Labute approximate surface area is 124 Å². The van der Waals surface area contributed by atoms with Gasteiger partial charge in [-0.3, -0.25) is 9.88 Å². The normalized spacial score (nSPS) is 17.3. The zero-order valence-corrected chi connectivity index (χ0v) is 12.6. The number of aliphatic hydroxyl groups excluding tert-OH is 1. The standard InChI is InChI=1S/C14H23N5O2/c1-10-9-12(13(11(2)16-10)14(15)17-21)19-5-3-18(4-6-19)7-8-20/h9,20-21H,3-8H2,1-2H3,(H2,15,17). The average molecular weight is 293 g/mol. The number of oxime groups is 1. The van der Waals surface area contributed by atoms with Crippen molar-refractivity contribution >= 4 is 11.5 Å². The van der Waals surface area contributed by atoms with Crippen LogP contribution in [-0.4, -0.2) is 65.4 Å². The Morgan fingerprint density at radius 2 is 2.00 bits per heavy atom. The molecule has 1 aromatic rings. The minimum atomic E-state index is 0.0905. The van der Waals surface area contributed by atoms with Gasteiger partial charge >= 0.3 is 0 Å². The lowest BCUT2D eigenvalue weighted by atomic mass is 10.1. The van der Waals surface area contributed by atoms with Crippen LogP contribution in [0, 0.1) is 13.8 Å². The Morgan fingerprint density at radius 1 is 1.33 bits per heavy atom. The molecule has 0 bridgehead atoms. The van der Waals surface area contributed by atoms with Gasteiger partial charge in [-0.1, -0.05) is 5.16 Å². The van der Waals surface area contributed by atoms with Crippen molar-refractivity contribution in [3.05, 3.63) is 23.0 Å². The molecule has 1 fully saturated rings. The monoisotopic (exact) mass is 293 g/mol. The molecule has 0 spiro atoms. The maximum Gasteiger partial charge on any atom is 0.174 e. The molecule has 2 rings (SSSR count). The molecule has 0 atom stereocenters. The van der Waals surface area contributed by atoms with E-state index in [2.05, 4.69) is 19.9 Å². The maximum atomic E-state index is 9.00. The quantitative estimate of drug-likeness (QED) is 0.310. The molecular weight excluding hydrogens is 270 g/mol. The lowest BCUT2D eigenvalue weighted by Gasteiger charge is -2.36. The van der Waals surface area contributed by atoms with E-state index >= 15 is 0 Å².